The van der Waals surface area contributed by atoms with E-state index in [9.17, 15) is 4.79 Å². The second kappa shape index (κ2) is 6.86. The number of aliphatic hydroxyl groups is 1. The third-order valence-corrected chi connectivity index (χ3v) is 2.61. The number of anilines is 1. The van der Waals surface area contributed by atoms with E-state index in [-0.39, 0.29) is 12.0 Å². The van der Waals surface area contributed by atoms with Crippen LogP contribution in [0.2, 0.25) is 0 Å². The first-order chi connectivity index (χ1) is 8.56. The average Bonchev–Trinajstić information content (AvgIpc) is 2.34. The molecule has 18 heavy (non-hydrogen) atoms. The van der Waals surface area contributed by atoms with Gasteiger partial charge in [-0.2, -0.15) is 0 Å². The first-order valence-corrected chi connectivity index (χ1v) is 5.95. The van der Waals surface area contributed by atoms with Crippen molar-refractivity contribution in [2.75, 3.05) is 19.4 Å². The lowest BCUT2D eigenvalue weighted by molar-refractivity contribution is 0.0950. The normalized spacial score (nSPS) is 11.9. The predicted octanol–water partition coefficient (Wildman–Crippen LogP) is 1.17. The van der Waals surface area contributed by atoms with Crippen LogP contribution in [-0.4, -0.2) is 30.8 Å². The van der Waals surface area contributed by atoms with Crippen molar-refractivity contribution in [2.45, 2.75) is 25.9 Å². The number of rotatable bonds is 6. The SMILES string of the molecule is COc1cccc(C(=O)NCCCC(C)O)c1N. The first kappa shape index (κ1) is 14.3. The highest BCUT2D eigenvalue weighted by Crippen LogP contribution is 2.24. The molecule has 0 heterocycles. The first-order valence-electron chi connectivity index (χ1n) is 5.95. The van der Waals surface area contributed by atoms with E-state index in [0.29, 0.717) is 30.0 Å². The molecule has 0 fully saturated rings. The third kappa shape index (κ3) is 3.92. The standard InChI is InChI=1S/C13H20N2O3/c1-9(16)5-4-8-15-13(17)10-6-3-7-11(18-2)12(10)14/h3,6-7,9,16H,4-5,8,14H2,1-2H3,(H,15,17). The second-order valence-corrected chi connectivity index (χ2v) is 4.17. The molecule has 0 aromatic heterocycles. The number of amides is 1. The van der Waals surface area contributed by atoms with Crippen molar-refractivity contribution < 1.29 is 14.6 Å². The van der Waals surface area contributed by atoms with Crippen LogP contribution in [0.25, 0.3) is 0 Å². The predicted molar refractivity (Wildman–Crippen MR) is 70.7 cm³/mol. The van der Waals surface area contributed by atoms with Gasteiger partial charge in [0, 0.05) is 6.54 Å². The Balaban J connectivity index is 2.56. The Morgan fingerprint density at radius 2 is 2.28 bits per heavy atom. The summed E-state index contributed by atoms with van der Waals surface area (Å²) >= 11 is 0. The summed E-state index contributed by atoms with van der Waals surface area (Å²) in [6.07, 6.45) is 1.05. The van der Waals surface area contributed by atoms with Crippen LogP contribution in [0.4, 0.5) is 5.69 Å². The monoisotopic (exact) mass is 252 g/mol. The van der Waals surface area contributed by atoms with Crippen LogP contribution in [-0.2, 0) is 0 Å². The van der Waals surface area contributed by atoms with Gasteiger partial charge in [0.2, 0.25) is 0 Å². The second-order valence-electron chi connectivity index (χ2n) is 4.17. The molecule has 0 saturated carbocycles. The molecule has 0 spiro atoms. The zero-order valence-corrected chi connectivity index (χ0v) is 10.8. The molecule has 0 radical (unpaired) electrons. The van der Waals surface area contributed by atoms with Gasteiger partial charge in [-0.05, 0) is 31.9 Å². The Hall–Kier alpha value is -1.75. The summed E-state index contributed by atoms with van der Waals surface area (Å²) in [7, 11) is 1.51. The Morgan fingerprint density at radius 3 is 2.89 bits per heavy atom. The number of para-hydroxylation sites is 1. The molecule has 0 bridgehead atoms. The fraction of sp³-hybridized carbons (Fsp3) is 0.462. The topological polar surface area (TPSA) is 84.6 Å². The minimum Gasteiger partial charge on any atom is -0.495 e. The minimum absolute atomic E-state index is 0.225. The van der Waals surface area contributed by atoms with Gasteiger partial charge >= 0.3 is 0 Å². The summed E-state index contributed by atoms with van der Waals surface area (Å²) in [5, 5.41) is 11.9. The highest BCUT2D eigenvalue weighted by Gasteiger charge is 2.12. The molecule has 0 saturated heterocycles. The van der Waals surface area contributed by atoms with Crippen molar-refractivity contribution in [3.05, 3.63) is 23.8 Å². The Kier molecular flexibility index (Phi) is 5.45. The van der Waals surface area contributed by atoms with Gasteiger partial charge in [-0.1, -0.05) is 6.07 Å². The maximum atomic E-state index is 11.9. The molecule has 1 rings (SSSR count). The van der Waals surface area contributed by atoms with E-state index in [0.717, 1.165) is 6.42 Å². The number of benzene rings is 1. The van der Waals surface area contributed by atoms with Crippen molar-refractivity contribution in [1.82, 2.24) is 5.32 Å². The number of carbonyl (C=O) groups excluding carboxylic acids is 1. The quantitative estimate of drug-likeness (QED) is 0.524. The van der Waals surface area contributed by atoms with Crippen molar-refractivity contribution in [3.8, 4) is 5.75 Å². The van der Waals surface area contributed by atoms with Crippen LogP contribution in [0.5, 0.6) is 5.75 Å². The van der Waals surface area contributed by atoms with Crippen molar-refractivity contribution >= 4 is 11.6 Å². The summed E-state index contributed by atoms with van der Waals surface area (Å²) in [5.74, 6) is 0.267. The van der Waals surface area contributed by atoms with Crippen molar-refractivity contribution in [2.24, 2.45) is 0 Å². The molecule has 1 atom stereocenters. The summed E-state index contributed by atoms with van der Waals surface area (Å²) in [6, 6.07) is 5.08. The Labute approximate surface area is 107 Å². The van der Waals surface area contributed by atoms with E-state index >= 15 is 0 Å². The molecule has 1 unspecified atom stereocenters. The molecular weight excluding hydrogens is 232 g/mol. The highest BCUT2D eigenvalue weighted by molar-refractivity contribution is 6.00. The lowest BCUT2D eigenvalue weighted by atomic mass is 10.1. The van der Waals surface area contributed by atoms with Gasteiger partial charge in [0.15, 0.2) is 0 Å². The number of methoxy groups -OCH3 is 1. The van der Waals surface area contributed by atoms with Crippen molar-refractivity contribution in [3.63, 3.8) is 0 Å². The van der Waals surface area contributed by atoms with Gasteiger partial charge < -0.3 is 20.9 Å². The Morgan fingerprint density at radius 1 is 1.56 bits per heavy atom. The van der Waals surface area contributed by atoms with Gasteiger partial charge in [-0.15, -0.1) is 0 Å². The number of aliphatic hydroxyl groups excluding tert-OH is 1. The van der Waals surface area contributed by atoms with Crippen LogP contribution in [0, 0.1) is 0 Å². The molecule has 1 amide bonds. The Bertz CT molecular complexity index is 405. The smallest absolute Gasteiger partial charge is 0.253 e. The van der Waals surface area contributed by atoms with Crippen LogP contribution in [0.15, 0.2) is 18.2 Å². The molecule has 100 valence electrons. The number of ether oxygens (including phenoxy) is 1. The summed E-state index contributed by atoms with van der Waals surface area (Å²) in [5.41, 5.74) is 6.57. The fourth-order valence-electron chi connectivity index (χ4n) is 1.61. The number of nitrogens with two attached hydrogens (primary N) is 1. The van der Waals surface area contributed by atoms with E-state index in [2.05, 4.69) is 5.32 Å². The van der Waals surface area contributed by atoms with E-state index < -0.39 is 0 Å². The van der Waals surface area contributed by atoms with Gasteiger partial charge in [-0.25, -0.2) is 0 Å². The molecule has 1 aromatic carbocycles. The molecule has 5 heteroatoms. The number of hydrogen-bond acceptors (Lipinski definition) is 4. The van der Waals surface area contributed by atoms with E-state index in [1.54, 1.807) is 25.1 Å². The number of nitrogens with one attached hydrogen (secondary N) is 1. The zero-order chi connectivity index (χ0) is 13.5. The van der Waals surface area contributed by atoms with Crippen molar-refractivity contribution in [1.29, 1.82) is 0 Å². The molecule has 1 aromatic rings. The van der Waals surface area contributed by atoms with Crippen LogP contribution >= 0.6 is 0 Å². The molecular formula is C13H20N2O3. The van der Waals surface area contributed by atoms with E-state index in [4.69, 9.17) is 15.6 Å². The van der Waals surface area contributed by atoms with Gasteiger partial charge in [-0.3, -0.25) is 4.79 Å². The minimum atomic E-state index is -0.344. The maximum absolute atomic E-state index is 11.9. The van der Waals surface area contributed by atoms with E-state index in [1.807, 2.05) is 0 Å². The third-order valence-electron chi connectivity index (χ3n) is 2.61. The number of nitrogen functional groups attached to an aromatic ring is 1. The summed E-state index contributed by atoms with van der Waals surface area (Å²) in [6.45, 7) is 2.24. The number of carbonyl (C=O) groups is 1. The molecule has 5 nitrogen and oxygen atoms in total. The lowest BCUT2D eigenvalue weighted by Gasteiger charge is -2.10. The van der Waals surface area contributed by atoms with Gasteiger partial charge in [0.1, 0.15) is 5.75 Å². The maximum Gasteiger partial charge on any atom is 0.253 e. The largest absolute Gasteiger partial charge is 0.495 e. The molecule has 0 aliphatic heterocycles. The van der Waals surface area contributed by atoms with Gasteiger partial charge in [0.25, 0.3) is 5.91 Å². The van der Waals surface area contributed by atoms with Crippen LogP contribution < -0.4 is 15.8 Å². The van der Waals surface area contributed by atoms with Gasteiger partial charge in [0.05, 0.1) is 24.5 Å². The fourth-order valence-corrected chi connectivity index (χ4v) is 1.61. The van der Waals surface area contributed by atoms with Crippen LogP contribution in [0.3, 0.4) is 0 Å². The molecule has 0 aliphatic rings. The average molecular weight is 252 g/mol. The number of hydrogen-bond donors (Lipinski definition) is 3. The lowest BCUT2D eigenvalue weighted by Crippen LogP contribution is -2.26. The van der Waals surface area contributed by atoms with Crippen LogP contribution in [0.1, 0.15) is 30.1 Å². The zero-order valence-electron chi connectivity index (χ0n) is 10.8. The van der Waals surface area contributed by atoms with E-state index in [1.165, 1.54) is 7.11 Å². The molecule has 4 N–H and O–H groups in total. The molecule has 0 aliphatic carbocycles. The summed E-state index contributed by atoms with van der Waals surface area (Å²) in [4.78, 5) is 11.9. The highest BCUT2D eigenvalue weighted by atomic mass is 16.5. The summed E-state index contributed by atoms with van der Waals surface area (Å²) < 4.78 is 5.05.